The maximum Gasteiger partial charge on any atom is 0.314 e. The lowest BCUT2D eigenvalue weighted by Gasteiger charge is -2.24. The second kappa shape index (κ2) is 4.06. The third-order valence-corrected chi connectivity index (χ3v) is 3.65. The molecule has 86 valence electrons. The van der Waals surface area contributed by atoms with Gasteiger partial charge in [0.1, 0.15) is 5.82 Å². The van der Waals surface area contributed by atoms with Gasteiger partial charge in [-0.15, -0.1) is 0 Å². The molecule has 0 aromatic heterocycles. The van der Waals surface area contributed by atoms with Crippen molar-refractivity contribution in [3.8, 4) is 0 Å². The summed E-state index contributed by atoms with van der Waals surface area (Å²) in [4.78, 5) is 11.4. The van der Waals surface area contributed by atoms with Crippen LogP contribution in [0.3, 0.4) is 0 Å². The zero-order chi connectivity index (χ0) is 11.8. The molecule has 0 spiro atoms. The summed E-state index contributed by atoms with van der Waals surface area (Å²) in [5, 5.41) is 9.35. The van der Waals surface area contributed by atoms with Gasteiger partial charge in [-0.25, -0.2) is 4.39 Å². The van der Waals surface area contributed by atoms with E-state index in [1.54, 1.807) is 6.07 Å². The molecule has 0 saturated heterocycles. The summed E-state index contributed by atoms with van der Waals surface area (Å²) in [7, 11) is 0. The molecule has 1 aromatic carbocycles. The van der Waals surface area contributed by atoms with Gasteiger partial charge in [0, 0.05) is 0 Å². The monoisotopic (exact) mass is 242 g/mol. The van der Waals surface area contributed by atoms with E-state index < -0.39 is 17.2 Å². The smallest absolute Gasteiger partial charge is 0.314 e. The first-order valence-electron chi connectivity index (χ1n) is 5.25. The Kier molecular flexibility index (Phi) is 2.89. The Morgan fingerprint density at radius 3 is 2.50 bits per heavy atom. The van der Waals surface area contributed by atoms with Gasteiger partial charge in [0.2, 0.25) is 0 Å². The third-order valence-electron chi connectivity index (χ3n) is 3.34. The fourth-order valence-electron chi connectivity index (χ4n) is 2.40. The number of aliphatic carboxylic acids is 1. The second-order valence-electron chi connectivity index (χ2n) is 4.22. The Bertz CT molecular complexity index is 425. The first-order valence-corrected chi connectivity index (χ1v) is 5.63. The van der Waals surface area contributed by atoms with E-state index in [9.17, 15) is 14.3 Å². The van der Waals surface area contributed by atoms with Crippen LogP contribution in [-0.4, -0.2) is 11.1 Å². The molecular formula is C12H12ClFO2. The highest BCUT2D eigenvalue weighted by atomic mass is 35.5. The predicted octanol–water partition coefficient (Wildman–Crippen LogP) is 3.38. The average molecular weight is 243 g/mol. The van der Waals surface area contributed by atoms with Crippen LogP contribution in [0.25, 0.3) is 0 Å². The van der Waals surface area contributed by atoms with Crippen molar-refractivity contribution in [1.82, 2.24) is 0 Å². The fourth-order valence-corrected chi connectivity index (χ4v) is 2.52. The zero-order valence-corrected chi connectivity index (χ0v) is 9.43. The lowest BCUT2D eigenvalue weighted by Crippen LogP contribution is -2.32. The van der Waals surface area contributed by atoms with E-state index in [1.165, 1.54) is 12.1 Å². The summed E-state index contributed by atoms with van der Waals surface area (Å²) in [5.74, 6) is -1.42. The van der Waals surface area contributed by atoms with Crippen molar-refractivity contribution in [3.63, 3.8) is 0 Å². The lowest BCUT2D eigenvalue weighted by molar-refractivity contribution is -0.143. The van der Waals surface area contributed by atoms with E-state index in [1.807, 2.05) is 0 Å². The van der Waals surface area contributed by atoms with Gasteiger partial charge in [-0.3, -0.25) is 4.79 Å². The number of carboxylic acids is 1. The van der Waals surface area contributed by atoms with E-state index in [4.69, 9.17) is 11.6 Å². The third kappa shape index (κ3) is 1.69. The van der Waals surface area contributed by atoms with Gasteiger partial charge >= 0.3 is 5.97 Å². The van der Waals surface area contributed by atoms with E-state index in [0.29, 0.717) is 18.4 Å². The first kappa shape index (κ1) is 11.4. The van der Waals surface area contributed by atoms with Crippen LogP contribution in [0.15, 0.2) is 18.2 Å². The average Bonchev–Trinajstić information content (AvgIpc) is 2.72. The molecule has 0 unspecified atom stereocenters. The van der Waals surface area contributed by atoms with Crippen LogP contribution in [0.1, 0.15) is 31.2 Å². The van der Waals surface area contributed by atoms with Crippen LogP contribution in [0.4, 0.5) is 4.39 Å². The van der Waals surface area contributed by atoms with Gasteiger partial charge in [0.25, 0.3) is 0 Å². The number of benzene rings is 1. The fraction of sp³-hybridized carbons (Fsp3) is 0.417. The number of rotatable bonds is 2. The Hall–Kier alpha value is -1.09. The molecule has 0 bridgehead atoms. The molecule has 0 aliphatic heterocycles. The molecule has 1 aromatic rings. The number of carboxylic acid groups (broad SMARTS) is 1. The van der Waals surface area contributed by atoms with E-state index >= 15 is 0 Å². The molecule has 0 amide bonds. The van der Waals surface area contributed by atoms with Crippen molar-refractivity contribution in [3.05, 3.63) is 34.6 Å². The second-order valence-corrected chi connectivity index (χ2v) is 4.63. The molecule has 1 aliphatic rings. The van der Waals surface area contributed by atoms with E-state index in [-0.39, 0.29) is 5.02 Å². The van der Waals surface area contributed by atoms with Crippen molar-refractivity contribution in [1.29, 1.82) is 0 Å². The highest BCUT2D eigenvalue weighted by Crippen LogP contribution is 2.42. The number of carbonyl (C=O) groups is 1. The predicted molar refractivity (Wildman–Crippen MR) is 59.2 cm³/mol. The van der Waals surface area contributed by atoms with Crippen LogP contribution < -0.4 is 0 Å². The van der Waals surface area contributed by atoms with Crippen LogP contribution in [0.2, 0.25) is 5.02 Å². The van der Waals surface area contributed by atoms with E-state index in [0.717, 1.165) is 12.8 Å². The van der Waals surface area contributed by atoms with Gasteiger partial charge in [-0.1, -0.05) is 30.5 Å². The summed E-state index contributed by atoms with van der Waals surface area (Å²) in [6, 6.07) is 4.29. The molecule has 1 fully saturated rings. The minimum absolute atomic E-state index is 0.0299. The quantitative estimate of drug-likeness (QED) is 0.863. The van der Waals surface area contributed by atoms with Crippen molar-refractivity contribution >= 4 is 17.6 Å². The van der Waals surface area contributed by atoms with Crippen molar-refractivity contribution in [2.45, 2.75) is 31.1 Å². The Balaban J connectivity index is 2.47. The van der Waals surface area contributed by atoms with Gasteiger partial charge in [0.15, 0.2) is 0 Å². The highest BCUT2D eigenvalue weighted by Gasteiger charge is 2.43. The maximum absolute atomic E-state index is 13.3. The minimum Gasteiger partial charge on any atom is -0.481 e. The van der Waals surface area contributed by atoms with Gasteiger partial charge in [0.05, 0.1) is 10.4 Å². The molecule has 0 atom stereocenters. The summed E-state index contributed by atoms with van der Waals surface area (Å²) in [5.41, 5.74) is -0.384. The highest BCUT2D eigenvalue weighted by molar-refractivity contribution is 6.30. The van der Waals surface area contributed by atoms with Crippen molar-refractivity contribution in [2.75, 3.05) is 0 Å². The number of hydrogen-bond acceptors (Lipinski definition) is 1. The molecule has 1 saturated carbocycles. The van der Waals surface area contributed by atoms with E-state index in [2.05, 4.69) is 0 Å². The molecule has 0 heterocycles. The molecule has 16 heavy (non-hydrogen) atoms. The lowest BCUT2D eigenvalue weighted by atomic mass is 9.79. The topological polar surface area (TPSA) is 37.3 Å². The van der Waals surface area contributed by atoms with Crippen molar-refractivity contribution in [2.24, 2.45) is 0 Å². The Labute approximate surface area is 98.0 Å². The number of hydrogen-bond donors (Lipinski definition) is 1. The molecule has 2 nitrogen and oxygen atoms in total. The Morgan fingerprint density at radius 2 is 2.00 bits per heavy atom. The normalized spacial score (nSPS) is 18.6. The SMILES string of the molecule is O=C(O)C1(c2ccc(Cl)c(F)c2)CCCC1. The molecule has 0 radical (unpaired) electrons. The molecular weight excluding hydrogens is 231 g/mol. The molecule has 1 N–H and O–H groups in total. The summed E-state index contributed by atoms with van der Waals surface area (Å²) >= 11 is 5.59. The largest absolute Gasteiger partial charge is 0.481 e. The summed E-state index contributed by atoms with van der Waals surface area (Å²) in [6.45, 7) is 0. The van der Waals surface area contributed by atoms with Crippen LogP contribution in [0.5, 0.6) is 0 Å². The molecule has 4 heteroatoms. The number of halogens is 2. The van der Waals surface area contributed by atoms with Crippen LogP contribution >= 0.6 is 11.6 Å². The standard InChI is InChI=1S/C12H12ClFO2/c13-9-4-3-8(7-10(9)14)12(11(15)16)5-1-2-6-12/h3-4,7H,1-2,5-6H2,(H,15,16). The van der Waals surface area contributed by atoms with Crippen LogP contribution in [0, 0.1) is 5.82 Å². The summed E-state index contributed by atoms with van der Waals surface area (Å²) in [6.07, 6.45) is 2.89. The van der Waals surface area contributed by atoms with Gasteiger partial charge < -0.3 is 5.11 Å². The van der Waals surface area contributed by atoms with Gasteiger partial charge in [-0.05, 0) is 30.5 Å². The first-order chi connectivity index (χ1) is 7.56. The summed E-state index contributed by atoms with van der Waals surface area (Å²) < 4.78 is 13.3. The maximum atomic E-state index is 13.3. The zero-order valence-electron chi connectivity index (χ0n) is 8.67. The van der Waals surface area contributed by atoms with Gasteiger partial charge in [-0.2, -0.15) is 0 Å². The Morgan fingerprint density at radius 1 is 1.38 bits per heavy atom. The van der Waals surface area contributed by atoms with Crippen molar-refractivity contribution < 1.29 is 14.3 Å². The minimum atomic E-state index is -0.911. The molecule has 2 rings (SSSR count). The van der Waals surface area contributed by atoms with Crippen LogP contribution in [-0.2, 0) is 10.2 Å². The molecule has 1 aliphatic carbocycles.